The summed E-state index contributed by atoms with van der Waals surface area (Å²) in [6, 6.07) is 9.44. The number of carbonyl (C=O) groups is 2. The summed E-state index contributed by atoms with van der Waals surface area (Å²) in [5.74, 6) is -0.385. The zero-order valence-electron chi connectivity index (χ0n) is 14.0. The van der Waals surface area contributed by atoms with Crippen molar-refractivity contribution in [3.05, 3.63) is 48.0 Å². The van der Waals surface area contributed by atoms with E-state index in [1.165, 1.54) is 0 Å². The van der Waals surface area contributed by atoms with Gasteiger partial charge in [0.15, 0.2) is 6.61 Å². The van der Waals surface area contributed by atoms with E-state index in [-0.39, 0.29) is 24.4 Å². The van der Waals surface area contributed by atoms with Crippen LogP contribution in [0.3, 0.4) is 0 Å². The molecule has 1 heterocycles. The van der Waals surface area contributed by atoms with Crippen LogP contribution in [0.2, 0.25) is 0 Å². The molecule has 2 aromatic rings. The Balaban J connectivity index is 1.47. The lowest BCUT2D eigenvalue weighted by Crippen LogP contribution is -2.21. The van der Waals surface area contributed by atoms with Gasteiger partial charge in [-0.1, -0.05) is 47.1 Å². The molecule has 0 spiro atoms. The molecule has 0 saturated heterocycles. The number of benzene rings is 1. The Bertz CT molecular complexity index is 777. The topological polar surface area (TPSA) is 81.4 Å². The van der Waals surface area contributed by atoms with E-state index in [2.05, 4.69) is 16.5 Å². The van der Waals surface area contributed by atoms with Gasteiger partial charge in [-0.3, -0.25) is 14.9 Å². The Hall–Kier alpha value is -2.89. The molecular formula is C19H20N2O4. The van der Waals surface area contributed by atoms with E-state index in [0.717, 1.165) is 24.0 Å². The van der Waals surface area contributed by atoms with Crippen molar-refractivity contribution in [3.8, 4) is 11.3 Å². The fourth-order valence-electron chi connectivity index (χ4n) is 2.65. The minimum Gasteiger partial charge on any atom is -0.456 e. The van der Waals surface area contributed by atoms with Crippen LogP contribution >= 0.6 is 0 Å². The van der Waals surface area contributed by atoms with E-state index in [1.807, 2.05) is 37.3 Å². The van der Waals surface area contributed by atoms with E-state index in [0.29, 0.717) is 12.1 Å². The van der Waals surface area contributed by atoms with Crippen LogP contribution in [0.5, 0.6) is 0 Å². The standard InChI is InChI=1S/C19H20N2O4/c1-13-6-8-15(9-7-13)16-11-18(25-21-16)20-17(22)12-24-19(23)10-14-4-2-3-5-14/h2,4,6-9,11,14H,3,5,10,12H2,1H3,(H,20,22)/t14-/m0/s1. The van der Waals surface area contributed by atoms with Gasteiger partial charge in [0.1, 0.15) is 5.69 Å². The van der Waals surface area contributed by atoms with E-state index in [4.69, 9.17) is 9.26 Å². The molecule has 0 fully saturated rings. The summed E-state index contributed by atoms with van der Waals surface area (Å²) >= 11 is 0. The van der Waals surface area contributed by atoms with Crippen LogP contribution in [-0.4, -0.2) is 23.6 Å². The summed E-state index contributed by atoms with van der Waals surface area (Å²) in [5, 5.41) is 6.46. The number of esters is 1. The first kappa shape index (κ1) is 17.0. The number of amides is 1. The van der Waals surface area contributed by atoms with Gasteiger partial charge < -0.3 is 9.26 Å². The zero-order valence-corrected chi connectivity index (χ0v) is 14.0. The number of carbonyl (C=O) groups excluding carboxylic acids is 2. The number of allylic oxidation sites excluding steroid dienone is 2. The Morgan fingerprint density at radius 2 is 2.12 bits per heavy atom. The van der Waals surface area contributed by atoms with Crippen LogP contribution in [0.25, 0.3) is 11.3 Å². The maximum Gasteiger partial charge on any atom is 0.306 e. The Kier molecular flexibility index (Phi) is 5.28. The second-order valence-electron chi connectivity index (χ2n) is 6.12. The van der Waals surface area contributed by atoms with Crippen LogP contribution in [0, 0.1) is 12.8 Å². The van der Waals surface area contributed by atoms with Crippen LogP contribution in [0.4, 0.5) is 5.88 Å². The van der Waals surface area contributed by atoms with Crippen molar-refractivity contribution in [2.24, 2.45) is 5.92 Å². The third kappa shape index (κ3) is 4.79. The van der Waals surface area contributed by atoms with E-state index in [1.54, 1.807) is 6.07 Å². The molecular weight excluding hydrogens is 320 g/mol. The number of hydrogen-bond donors (Lipinski definition) is 1. The quantitative estimate of drug-likeness (QED) is 0.643. The maximum absolute atomic E-state index is 11.9. The van der Waals surface area contributed by atoms with Crippen LogP contribution in [-0.2, 0) is 14.3 Å². The molecule has 130 valence electrons. The monoisotopic (exact) mass is 340 g/mol. The second kappa shape index (κ2) is 7.79. The van der Waals surface area contributed by atoms with Crippen molar-refractivity contribution in [1.82, 2.24) is 5.16 Å². The van der Waals surface area contributed by atoms with Crippen LogP contribution in [0.15, 0.2) is 47.0 Å². The number of hydrogen-bond acceptors (Lipinski definition) is 5. The number of nitrogens with one attached hydrogen (secondary N) is 1. The summed E-state index contributed by atoms with van der Waals surface area (Å²) in [6.45, 7) is 1.67. The lowest BCUT2D eigenvalue weighted by Gasteiger charge is -2.07. The highest BCUT2D eigenvalue weighted by atomic mass is 16.5. The Morgan fingerprint density at radius 3 is 2.84 bits per heavy atom. The van der Waals surface area contributed by atoms with E-state index < -0.39 is 5.91 Å². The number of aryl methyl sites for hydroxylation is 1. The Labute approximate surface area is 145 Å². The molecule has 1 aromatic carbocycles. The SMILES string of the molecule is Cc1ccc(-c2cc(NC(=O)COC(=O)C[C@H]3C=CCC3)on2)cc1. The fourth-order valence-corrected chi connectivity index (χ4v) is 2.65. The van der Waals surface area contributed by atoms with Crippen molar-refractivity contribution >= 4 is 17.8 Å². The molecule has 6 heteroatoms. The molecule has 1 atom stereocenters. The van der Waals surface area contributed by atoms with Gasteiger partial charge in [-0.2, -0.15) is 0 Å². The molecule has 6 nitrogen and oxygen atoms in total. The van der Waals surface area contributed by atoms with Gasteiger partial charge in [-0.15, -0.1) is 0 Å². The highest BCUT2D eigenvalue weighted by molar-refractivity contribution is 5.92. The minimum absolute atomic E-state index is 0.218. The average molecular weight is 340 g/mol. The van der Waals surface area contributed by atoms with E-state index >= 15 is 0 Å². The zero-order chi connectivity index (χ0) is 17.6. The molecule has 1 aromatic heterocycles. The van der Waals surface area contributed by atoms with Gasteiger partial charge >= 0.3 is 5.97 Å². The number of ether oxygens (including phenoxy) is 1. The number of anilines is 1. The van der Waals surface area contributed by atoms with Gasteiger partial charge in [-0.05, 0) is 25.7 Å². The third-order valence-electron chi connectivity index (χ3n) is 4.03. The predicted octanol–water partition coefficient (Wildman–Crippen LogP) is 3.49. The molecule has 0 saturated carbocycles. The van der Waals surface area contributed by atoms with Crippen molar-refractivity contribution in [3.63, 3.8) is 0 Å². The highest BCUT2D eigenvalue weighted by Crippen LogP contribution is 2.22. The van der Waals surface area contributed by atoms with Crippen molar-refractivity contribution in [2.45, 2.75) is 26.2 Å². The molecule has 0 radical (unpaired) electrons. The number of aromatic nitrogens is 1. The highest BCUT2D eigenvalue weighted by Gasteiger charge is 2.16. The van der Waals surface area contributed by atoms with Crippen LogP contribution < -0.4 is 5.32 Å². The first-order chi connectivity index (χ1) is 12.1. The van der Waals surface area contributed by atoms with Gasteiger partial charge in [0.05, 0.1) is 6.42 Å². The van der Waals surface area contributed by atoms with Gasteiger partial charge in [0.25, 0.3) is 5.91 Å². The third-order valence-corrected chi connectivity index (χ3v) is 4.03. The lowest BCUT2D eigenvalue weighted by atomic mass is 10.1. The van der Waals surface area contributed by atoms with Crippen LogP contribution in [0.1, 0.15) is 24.8 Å². The molecule has 1 amide bonds. The Morgan fingerprint density at radius 1 is 1.32 bits per heavy atom. The number of rotatable bonds is 6. The molecule has 0 unspecified atom stereocenters. The predicted molar refractivity (Wildman–Crippen MR) is 92.7 cm³/mol. The van der Waals surface area contributed by atoms with Gasteiger partial charge in [-0.25, -0.2) is 0 Å². The first-order valence-electron chi connectivity index (χ1n) is 8.26. The molecule has 1 N–H and O–H groups in total. The lowest BCUT2D eigenvalue weighted by molar-refractivity contribution is -0.147. The maximum atomic E-state index is 11.9. The summed E-state index contributed by atoms with van der Waals surface area (Å²) in [4.78, 5) is 23.6. The van der Waals surface area contributed by atoms with Crippen molar-refractivity contribution < 1.29 is 18.8 Å². The minimum atomic E-state index is -0.457. The first-order valence-corrected chi connectivity index (χ1v) is 8.26. The molecule has 3 rings (SSSR count). The van der Waals surface area contributed by atoms with Gasteiger partial charge in [0, 0.05) is 11.6 Å². The van der Waals surface area contributed by atoms with E-state index in [9.17, 15) is 9.59 Å². The molecule has 0 bridgehead atoms. The molecule has 1 aliphatic rings. The summed E-state index contributed by atoms with van der Waals surface area (Å²) < 4.78 is 10.1. The normalized spacial score (nSPS) is 16.0. The molecule has 25 heavy (non-hydrogen) atoms. The largest absolute Gasteiger partial charge is 0.456 e. The average Bonchev–Trinajstić information content (AvgIpc) is 3.26. The summed E-state index contributed by atoms with van der Waals surface area (Å²) in [7, 11) is 0. The summed E-state index contributed by atoms with van der Waals surface area (Å²) in [5.41, 5.74) is 2.67. The smallest absolute Gasteiger partial charge is 0.306 e. The fraction of sp³-hybridized carbons (Fsp3) is 0.316. The molecule has 0 aliphatic heterocycles. The number of nitrogens with zero attached hydrogens (tertiary/aromatic N) is 1. The summed E-state index contributed by atoms with van der Waals surface area (Å²) in [6.07, 6.45) is 6.33. The van der Waals surface area contributed by atoms with Crippen molar-refractivity contribution in [2.75, 3.05) is 11.9 Å². The van der Waals surface area contributed by atoms with Gasteiger partial charge in [0.2, 0.25) is 5.88 Å². The molecule has 1 aliphatic carbocycles. The second-order valence-corrected chi connectivity index (χ2v) is 6.12. The van der Waals surface area contributed by atoms with Crippen molar-refractivity contribution in [1.29, 1.82) is 0 Å².